The monoisotopic (exact) mass is 268 g/mol. The van der Waals surface area contributed by atoms with Gasteiger partial charge in [-0.1, -0.05) is 0 Å². The van der Waals surface area contributed by atoms with Gasteiger partial charge in [0.15, 0.2) is 0 Å². The van der Waals surface area contributed by atoms with Crippen LogP contribution in [0.15, 0.2) is 18.2 Å². The number of hydrogen-bond donors (Lipinski definition) is 2. The van der Waals surface area contributed by atoms with Crippen LogP contribution in [-0.2, 0) is 16.1 Å². The normalized spacial score (nSPS) is 10.2. The van der Waals surface area contributed by atoms with E-state index in [9.17, 15) is 14.9 Å². The lowest BCUT2D eigenvalue weighted by molar-refractivity contribution is -0.384. The molecule has 0 aliphatic carbocycles. The number of ether oxygens (including phenoxy) is 1. The number of non-ortho nitro benzene ring substituents is 1. The summed E-state index contributed by atoms with van der Waals surface area (Å²) in [7, 11) is 1.51. The van der Waals surface area contributed by atoms with Crippen molar-refractivity contribution in [2.45, 2.75) is 19.4 Å². The van der Waals surface area contributed by atoms with Crippen LogP contribution in [0.25, 0.3) is 0 Å². The second-order valence-corrected chi connectivity index (χ2v) is 3.96. The fourth-order valence-electron chi connectivity index (χ4n) is 1.60. The Bertz CT molecular complexity index is 461. The first-order valence-electron chi connectivity index (χ1n) is 5.76. The lowest BCUT2D eigenvalue weighted by Crippen LogP contribution is -2.07. The van der Waals surface area contributed by atoms with E-state index in [0.29, 0.717) is 18.5 Å². The molecule has 0 amide bonds. The number of benzene rings is 1. The van der Waals surface area contributed by atoms with Gasteiger partial charge < -0.3 is 15.2 Å². The summed E-state index contributed by atoms with van der Waals surface area (Å²) >= 11 is 0. The first-order chi connectivity index (χ1) is 9.04. The number of carbonyl (C=O) groups is 1. The van der Waals surface area contributed by atoms with Crippen molar-refractivity contribution in [3.05, 3.63) is 33.9 Å². The number of methoxy groups -OCH3 is 1. The van der Waals surface area contributed by atoms with E-state index in [2.05, 4.69) is 5.32 Å². The number of hydrogen-bond acceptors (Lipinski definition) is 5. The molecular formula is C12H16N2O5. The third kappa shape index (κ3) is 4.92. The summed E-state index contributed by atoms with van der Waals surface area (Å²) in [5, 5.41) is 22.3. The first kappa shape index (κ1) is 14.9. The lowest BCUT2D eigenvalue weighted by atomic mass is 10.1. The molecule has 0 radical (unpaired) electrons. The van der Waals surface area contributed by atoms with E-state index in [-0.39, 0.29) is 18.7 Å². The van der Waals surface area contributed by atoms with E-state index < -0.39 is 10.9 Å². The Morgan fingerprint density at radius 3 is 2.84 bits per heavy atom. The number of nitrogens with one attached hydrogen (secondary N) is 1. The quantitative estimate of drug-likeness (QED) is 0.425. The fraction of sp³-hybridized carbons (Fsp3) is 0.417. The number of anilines is 1. The van der Waals surface area contributed by atoms with E-state index in [1.54, 1.807) is 6.07 Å². The van der Waals surface area contributed by atoms with Crippen molar-refractivity contribution >= 4 is 17.3 Å². The van der Waals surface area contributed by atoms with Crippen molar-refractivity contribution in [3.63, 3.8) is 0 Å². The molecule has 0 aromatic heterocycles. The fourth-order valence-corrected chi connectivity index (χ4v) is 1.60. The minimum Gasteiger partial charge on any atom is -0.481 e. The first-order valence-corrected chi connectivity index (χ1v) is 5.76. The average Bonchev–Trinajstić information content (AvgIpc) is 2.35. The number of rotatable bonds is 8. The molecular weight excluding hydrogens is 252 g/mol. The predicted octanol–water partition coefficient (Wildman–Crippen LogP) is 2.02. The van der Waals surface area contributed by atoms with E-state index in [0.717, 1.165) is 5.69 Å². The molecule has 0 aliphatic rings. The molecule has 0 unspecified atom stereocenters. The Morgan fingerprint density at radius 2 is 2.26 bits per heavy atom. The van der Waals surface area contributed by atoms with Gasteiger partial charge in [0.2, 0.25) is 0 Å². The minimum atomic E-state index is -0.845. The number of aliphatic carboxylic acids is 1. The van der Waals surface area contributed by atoms with Crippen LogP contribution in [0.4, 0.5) is 11.4 Å². The summed E-state index contributed by atoms with van der Waals surface area (Å²) in [6, 6.07) is 4.45. The molecule has 0 aliphatic heterocycles. The van der Waals surface area contributed by atoms with Gasteiger partial charge in [-0.05, 0) is 12.5 Å². The summed E-state index contributed by atoms with van der Waals surface area (Å²) in [4.78, 5) is 20.6. The maximum atomic E-state index is 10.7. The number of nitrogens with zero attached hydrogens (tertiary/aromatic N) is 1. The van der Waals surface area contributed by atoms with Gasteiger partial charge >= 0.3 is 5.97 Å². The molecule has 7 heteroatoms. The van der Waals surface area contributed by atoms with Gasteiger partial charge in [0, 0.05) is 43.5 Å². The van der Waals surface area contributed by atoms with Crippen LogP contribution in [0.2, 0.25) is 0 Å². The largest absolute Gasteiger partial charge is 0.481 e. The van der Waals surface area contributed by atoms with Gasteiger partial charge in [0.1, 0.15) is 0 Å². The molecule has 1 aromatic rings. The third-order valence-electron chi connectivity index (χ3n) is 2.48. The maximum absolute atomic E-state index is 10.7. The van der Waals surface area contributed by atoms with E-state index in [1.807, 2.05) is 0 Å². The van der Waals surface area contributed by atoms with Crippen LogP contribution in [0.3, 0.4) is 0 Å². The Labute approximate surface area is 110 Å². The second-order valence-electron chi connectivity index (χ2n) is 3.96. The van der Waals surface area contributed by atoms with Crippen LogP contribution in [0.5, 0.6) is 0 Å². The van der Waals surface area contributed by atoms with Crippen molar-refractivity contribution in [1.82, 2.24) is 0 Å². The number of nitro benzene ring substituents is 1. The van der Waals surface area contributed by atoms with Crippen LogP contribution in [-0.4, -0.2) is 29.7 Å². The molecule has 104 valence electrons. The molecule has 0 fully saturated rings. The molecule has 0 saturated carbocycles. The zero-order chi connectivity index (χ0) is 14.3. The molecule has 0 saturated heterocycles. The molecule has 0 heterocycles. The van der Waals surface area contributed by atoms with Gasteiger partial charge in [-0.2, -0.15) is 0 Å². The smallest absolute Gasteiger partial charge is 0.303 e. The highest BCUT2D eigenvalue weighted by atomic mass is 16.6. The third-order valence-corrected chi connectivity index (χ3v) is 2.48. The highest BCUT2D eigenvalue weighted by Gasteiger charge is 2.10. The maximum Gasteiger partial charge on any atom is 0.303 e. The Balaban J connectivity index is 2.70. The molecule has 19 heavy (non-hydrogen) atoms. The van der Waals surface area contributed by atoms with Crippen molar-refractivity contribution in [2.75, 3.05) is 19.0 Å². The summed E-state index contributed by atoms with van der Waals surface area (Å²) in [6.45, 7) is 0.740. The highest BCUT2D eigenvalue weighted by Crippen LogP contribution is 2.22. The number of carboxylic acid groups (broad SMARTS) is 1. The topological polar surface area (TPSA) is 102 Å². The van der Waals surface area contributed by atoms with Gasteiger partial charge in [0.25, 0.3) is 5.69 Å². The van der Waals surface area contributed by atoms with Crippen LogP contribution in [0, 0.1) is 10.1 Å². The zero-order valence-corrected chi connectivity index (χ0v) is 10.6. The SMILES string of the molecule is COCc1cc([N+](=O)[O-])ccc1NCCCC(=O)O. The summed E-state index contributed by atoms with van der Waals surface area (Å²) in [5.74, 6) is -0.845. The van der Waals surface area contributed by atoms with Crippen molar-refractivity contribution in [3.8, 4) is 0 Å². The highest BCUT2D eigenvalue weighted by molar-refractivity contribution is 5.66. The summed E-state index contributed by atoms with van der Waals surface area (Å²) < 4.78 is 4.99. The molecule has 0 atom stereocenters. The van der Waals surface area contributed by atoms with E-state index >= 15 is 0 Å². The van der Waals surface area contributed by atoms with E-state index in [1.165, 1.54) is 19.2 Å². The number of carboxylic acids is 1. The van der Waals surface area contributed by atoms with Gasteiger partial charge in [-0.3, -0.25) is 14.9 Å². The summed E-state index contributed by atoms with van der Waals surface area (Å²) in [6.07, 6.45) is 0.568. The van der Waals surface area contributed by atoms with Gasteiger partial charge in [-0.25, -0.2) is 0 Å². The molecule has 0 bridgehead atoms. The predicted molar refractivity (Wildman–Crippen MR) is 69.2 cm³/mol. The average molecular weight is 268 g/mol. The minimum absolute atomic E-state index is 0.00290. The molecule has 0 spiro atoms. The Morgan fingerprint density at radius 1 is 1.53 bits per heavy atom. The zero-order valence-electron chi connectivity index (χ0n) is 10.6. The molecule has 1 aromatic carbocycles. The lowest BCUT2D eigenvalue weighted by Gasteiger charge is -2.11. The second kappa shape index (κ2) is 7.32. The van der Waals surface area contributed by atoms with Crippen LogP contribution < -0.4 is 5.32 Å². The van der Waals surface area contributed by atoms with Crippen molar-refractivity contribution < 1.29 is 19.6 Å². The molecule has 2 N–H and O–H groups in total. The number of nitro groups is 1. The van der Waals surface area contributed by atoms with Gasteiger partial charge in [-0.15, -0.1) is 0 Å². The van der Waals surface area contributed by atoms with Gasteiger partial charge in [0.05, 0.1) is 11.5 Å². The standard InChI is InChI=1S/C12H16N2O5/c1-19-8-9-7-10(14(17)18)4-5-11(9)13-6-2-3-12(15)16/h4-5,7,13H,2-3,6,8H2,1H3,(H,15,16). The van der Waals surface area contributed by atoms with Crippen molar-refractivity contribution in [1.29, 1.82) is 0 Å². The summed E-state index contributed by atoms with van der Waals surface area (Å²) in [5.41, 5.74) is 1.40. The van der Waals surface area contributed by atoms with Crippen LogP contribution >= 0.6 is 0 Å². The van der Waals surface area contributed by atoms with Crippen LogP contribution in [0.1, 0.15) is 18.4 Å². The Kier molecular flexibility index (Phi) is 5.74. The molecule has 7 nitrogen and oxygen atoms in total. The van der Waals surface area contributed by atoms with E-state index in [4.69, 9.17) is 9.84 Å². The Hall–Kier alpha value is -2.15. The van der Waals surface area contributed by atoms with Crippen molar-refractivity contribution in [2.24, 2.45) is 0 Å². The molecule has 1 rings (SSSR count).